The Balaban J connectivity index is 1.67. The van der Waals surface area contributed by atoms with Crippen molar-refractivity contribution in [2.24, 2.45) is 0 Å². The van der Waals surface area contributed by atoms with E-state index < -0.39 is 5.97 Å². The number of amides is 1. The topological polar surface area (TPSA) is 117 Å². The van der Waals surface area contributed by atoms with Gasteiger partial charge in [0.1, 0.15) is 24.0 Å². The van der Waals surface area contributed by atoms with Gasteiger partial charge in [-0.2, -0.15) is 0 Å². The number of nitrogens with zero attached hydrogens (tertiary/aromatic N) is 3. The Labute approximate surface area is 155 Å². The summed E-state index contributed by atoms with van der Waals surface area (Å²) < 4.78 is 1.83. The van der Waals surface area contributed by atoms with Gasteiger partial charge in [-0.05, 0) is 41.8 Å². The van der Waals surface area contributed by atoms with Gasteiger partial charge in [0.05, 0.1) is 0 Å². The van der Waals surface area contributed by atoms with Crippen LogP contribution in [0.1, 0.15) is 27.1 Å². The van der Waals surface area contributed by atoms with Gasteiger partial charge >= 0.3 is 5.97 Å². The van der Waals surface area contributed by atoms with E-state index in [9.17, 15) is 14.7 Å². The number of phenols is 1. The minimum atomic E-state index is -1.21. The molecule has 8 heteroatoms. The van der Waals surface area contributed by atoms with Gasteiger partial charge in [0.15, 0.2) is 0 Å². The summed E-state index contributed by atoms with van der Waals surface area (Å²) in [6.45, 7) is 1.21. The van der Waals surface area contributed by atoms with Crippen LogP contribution in [0.4, 0.5) is 0 Å². The molecule has 1 aromatic heterocycles. The Hall–Kier alpha value is -3.68. The number of aromatic hydroxyl groups is 1. The van der Waals surface area contributed by atoms with Crippen LogP contribution in [0.15, 0.2) is 55.1 Å². The maximum atomic E-state index is 12.3. The lowest BCUT2D eigenvalue weighted by Gasteiger charge is -2.09. The SMILES string of the molecule is O=C(NCCCn1cnnc1)c1cccc(-c2ccc(O)c(C(=O)O)c2)c1. The highest BCUT2D eigenvalue weighted by molar-refractivity contribution is 5.96. The van der Waals surface area contributed by atoms with Crippen LogP contribution >= 0.6 is 0 Å². The fourth-order valence-electron chi connectivity index (χ4n) is 2.63. The van der Waals surface area contributed by atoms with Crippen molar-refractivity contribution < 1.29 is 19.8 Å². The smallest absolute Gasteiger partial charge is 0.339 e. The number of hydrogen-bond acceptors (Lipinski definition) is 5. The summed E-state index contributed by atoms with van der Waals surface area (Å²) in [4.78, 5) is 23.5. The molecule has 1 amide bonds. The van der Waals surface area contributed by atoms with Crippen LogP contribution in [0.25, 0.3) is 11.1 Å². The van der Waals surface area contributed by atoms with Gasteiger partial charge in [-0.1, -0.05) is 18.2 Å². The lowest BCUT2D eigenvalue weighted by Crippen LogP contribution is -2.25. The van der Waals surface area contributed by atoms with E-state index in [1.54, 1.807) is 43.0 Å². The first kappa shape index (κ1) is 18.1. The number of carbonyl (C=O) groups excluding carboxylic acids is 1. The number of hydrogen-bond donors (Lipinski definition) is 3. The Morgan fingerprint density at radius 1 is 1.04 bits per heavy atom. The van der Waals surface area contributed by atoms with Crippen molar-refractivity contribution in [3.8, 4) is 16.9 Å². The van der Waals surface area contributed by atoms with Gasteiger partial charge < -0.3 is 20.1 Å². The lowest BCUT2D eigenvalue weighted by atomic mass is 10.0. The summed E-state index contributed by atoms with van der Waals surface area (Å²) in [6, 6.07) is 11.2. The molecule has 0 unspecified atom stereocenters. The van der Waals surface area contributed by atoms with Crippen molar-refractivity contribution in [1.29, 1.82) is 0 Å². The summed E-state index contributed by atoms with van der Waals surface area (Å²) >= 11 is 0. The predicted octanol–water partition coefficient (Wildman–Crippen LogP) is 2.17. The number of carbonyl (C=O) groups is 2. The van der Waals surface area contributed by atoms with E-state index in [1.165, 1.54) is 12.1 Å². The second kappa shape index (κ2) is 8.13. The summed E-state index contributed by atoms with van der Waals surface area (Å²) in [5.74, 6) is -1.72. The summed E-state index contributed by atoms with van der Waals surface area (Å²) in [5, 5.41) is 29.1. The number of nitrogens with one attached hydrogen (secondary N) is 1. The van der Waals surface area contributed by atoms with Gasteiger partial charge in [0.25, 0.3) is 5.91 Å². The van der Waals surface area contributed by atoms with Crippen LogP contribution in [0.2, 0.25) is 0 Å². The van der Waals surface area contributed by atoms with E-state index in [2.05, 4.69) is 15.5 Å². The van der Waals surface area contributed by atoms with Crippen LogP contribution in [0.5, 0.6) is 5.75 Å². The Morgan fingerprint density at radius 3 is 2.52 bits per heavy atom. The highest BCUT2D eigenvalue weighted by Crippen LogP contribution is 2.26. The number of rotatable bonds is 7. The second-order valence-corrected chi connectivity index (χ2v) is 5.93. The molecule has 0 radical (unpaired) electrons. The molecular weight excluding hydrogens is 348 g/mol. The van der Waals surface area contributed by atoms with Crippen molar-refractivity contribution in [2.45, 2.75) is 13.0 Å². The molecule has 1 heterocycles. The van der Waals surface area contributed by atoms with Crippen molar-refractivity contribution in [1.82, 2.24) is 20.1 Å². The van der Waals surface area contributed by atoms with Gasteiger partial charge in [-0.15, -0.1) is 10.2 Å². The number of carboxylic acids is 1. The van der Waals surface area contributed by atoms with E-state index in [4.69, 9.17) is 5.11 Å². The molecule has 8 nitrogen and oxygen atoms in total. The number of benzene rings is 2. The molecule has 0 saturated heterocycles. The third-order valence-corrected chi connectivity index (χ3v) is 4.03. The normalized spacial score (nSPS) is 10.5. The standard InChI is InChI=1S/C19H18N4O4/c24-17-6-5-14(10-16(17)19(26)27)13-3-1-4-15(9-13)18(25)20-7-2-8-23-11-21-22-12-23/h1,3-6,9-12,24H,2,7-8H2,(H,20,25)(H,26,27). The molecule has 0 bridgehead atoms. The van der Waals surface area contributed by atoms with Crippen molar-refractivity contribution in [2.75, 3.05) is 6.54 Å². The molecule has 0 atom stereocenters. The molecule has 0 aliphatic heterocycles. The van der Waals surface area contributed by atoms with Gasteiger partial charge in [-0.25, -0.2) is 4.79 Å². The molecule has 3 N–H and O–H groups in total. The lowest BCUT2D eigenvalue weighted by molar-refractivity contribution is 0.0693. The number of carboxylic acid groups (broad SMARTS) is 1. The zero-order valence-corrected chi connectivity index (χ0v) is 14.4. The van der Waals surface area contributed by atoms with Crippen molar-refractivity contribution in [3.63, 3.8) is 0 Å². The Kier molecular flexibility index (Phi) is 5.46. The first-order chi connectivity index (χ1) is 13.0. The van der Waals surface area contributed by atoms with Crippen LogP contribution in [-0.2, 0) is 6.54 Å². The van der Waals surface area contributed by atoms with E-state index in [0.717, 1.165) is 6.42 Å². The average molecular weight is 366 g/mol. The van der Waals surface area contributed by atoms with Gasteiger partial charge in [-0.3, -0.25) is 4.79 Å². The van der Waals surface area contributed by atoms with Crippen LogP contribution in [0.3, 0.4) is 0 Å². The molecule has 3 rings (SSSR count). The predicted molar refractivity (Wildman–Crippen MR) is 97.5 cm³/mol. The third-order valence-electron chi connectivity index (χ3n) is 4.03. The van der Waals surface area contributed by atoms with E-state index in [-0.39, 0.29) is 17.2 Å². The first-order valence-electron chi connectivity index (χ1n) is 8.32. The Morgan fingerprint density at radius 2 is 1.78 bits per heavy atom. The van der Waals surface area contributed by atoms with Gasteiger partial charge in [0.2, 0.25) is 0 Å². The van der Waals surface area contributed by atoms with Gasteiger partial charge in [0, 0.05) is 18.7 Å². The molecule has 27 heavy (non-hydrogen) atoms. The molecule has 138 valence electrons. The minimum Gasteiger partial charge on any atom is -0.507 e. The van der Waals surface area contributed by atoms with E-state index in [1.807, 2.05) is 4.57 Å². The largest absolute Gasteiger partial charge is 0.507 e. The number of aromatic carboxylic acids is 1. The maximum Gasteiger partial charge on any atom is 0.339 e. The zero-order valence-electron chi connectivity index (χ0n) is 14.4. The summed E-state index contributed by atoms with van der Waals surface area (Å²) in [6.07, 6.45) is 3.98. The first-order valence-corrected chi connectivity index (χ1v) is 8.32. The van der Waals surface area contributed by atoms with Crippen molar-refractivity contribution in [3.05, 3.63) is 66.2 Å². The number of aromatic nitrogens is 3. The quantitative estimate of drug-likeness (QED) is 0.552. The highest BCUT2D eigenvalue weighted by Gasteiger charge is 2.12. The minimum absolute atomic E-state index is 0.184. The van der Waals surface area contributed by atoms with E-state index >= 15 is 0 Å². The zero-order chi connectivity index (χ0) is 19.2. The Bertz CT molecular complexity index is 954. The summed E-state index contributed by atoms with van der Waals surface area (Å²) in [7, 11) is 0. The monoisotopic (exact) mass is 366 g/mol. The van der Waals surface area contributed by atoms with Crippen LogP contribution in [-0.4, -0.2) is 43.4 Å². The molecule has 2 aromatic carbocycles. The highest BCUT2D eigenvalue weighted by atomic mass is 16.4. The molecule has 0 fully saturated rings. The average Bonchev–Trinajstić information content (AvgIpc) is 3.19. The molecule has 0 aliphatic rings. The third kappa shape index (κ3) is 4.49. The maximum absolute atomic E-state index is 12.3. The van der Waals surface area contributed by atoms with Crippen LogP contribution < -0.4 is 5.32 Å². The molecule has 0 saturated carbocycles. The summed E-state index contributed by atoms with van der Waals surface area (Å²) in [5.41, 5.74) is 1.58. The van der Waals surface area contributed by atoms with Crippen molar-refractivity contribution >= 4 is 11.9 Å². The molecule has 0 aliphatic carbocycles. The fraction of sp³-hybridized carbons (Fsp3) is 0.158. The van der Waals surface area contributed by atoms with Crippen LogP contribution in [0, 0.1) is 0 Å². The van der Waals surface area contributed by atoms with E-state index in [0.29, 0.717) is 29.8 Å². The number of aryl methyl sites for hydroxylation is 1. The molecule has 3 aromatic rings. The fourth-order valence-corrected chi connectivity index (χ4v) is 2.63. The second-order valence-electron chi connectivity index (χ2n) is 5.93. The molecular formula is C19H18N4O4. The molecule has 0 spiro atoms.